The van der Waals surface area contributed by atoms with Gasteiger partial charge in [-0.25, -0.2) is 0 Å². The monoisotopic (exact) mass is 275 g/mol. The lowest BCUT2D eigenvalue weighted by Crippen LogP contribution is -2.30. The van der Waals surface area contributed by atoms with Gasteiger partial charge in [-0.3, -0.25) is 9.59 Å². The van der Waals surface area contributed by atoms with Crippen molar-refractivity contribution in [1.82, 2.24) is 4.90 Å². The molecule has 1 atom stereocenters. The van der Waals surface area contributed by atoms with Crippen LogP contribution >= 0.6 is 0 Å². The van der Waals surface area contributed by atoms with E-state index in [2.05, 4.69) is 0 Å². The zero-order valence-corrected chi connectivity index (χ0v) is 12.0. The van der Waals surface area contributed by atoms with E-state index in [1.165, 1.54) is 0 Å². The van der Waals surface area contributed by atoms with Crippen molar-refractivity contribution in [3.8, 4) is 0 Å². The predicted molar refractivity (Wildman–Crippen MR) is 75.9 cm³/mol. The van der Waals surface area contributed by atoms with Crippen LogP contribution in [-0.2, 0) is 22.7 Å². The Kier molecular flexibility index (Phi) is 4.42. The Hall–Kier alpha value is -1.84. The number of benzene rings is 1. The second-order valence-electron chi connectivity index (χ2n) is 5.89. The van der Waals surface area contributed by atoms with Gasteiger partial charge in [-0.05, 0) is 23.5 Å². The summed E-state index contributed by atoms with van der Waals surface area (Å²) < 4.78 is 0. The Bertz CT molecular complexity index is 485. The van der Waals surface area contributed by atoms with Gasteiger partial charge in [0.05, 0.1) is 5.92 Å². The fourth-order valence-electron chi connectivity index (χ4n) is 2.69. The molecule has 1 aliphatic heterocycles. The lowest BCUT2D eigenvalue weighted by molar-refractivity contribution is -0.146. The van der Waals surface area contributed by atoms with Crippen LogP contribution in [0.1, 0.15) is 37.8 Å². The van der Waals surface area contributed by atoms with Gasteiger partial charge in [-0.1, -0.05) is 38.1 Å². The molecule has 1 aromatic rings. The molecule has 0 radical (unpaired) electrons. The Morgan fingerprint density at radius 3 is 2.20 bits per heavy atom. The SMILES string of the molecule is CC(C)CC(CC(=O)N1Cc2ccccc2C1)C(=O)O. The highest BCUT2D eigenvalue weighted by Gasteiger charge is 2.28. The van der Waals surface area contributed by atoms with E-state index in [1.807, 2.05) is 38.1 Å². The van der Waals surface area contributed by atoms with Crippen LogP contribution in [0, 0.1) is 11.8 Å². The number of hydrogen-bond donors (Lipinski definition) is 1. The number of carbonyl (C=O) groups excluding carboxylic acids is 1. The Morgan fingerprint density at radius 2 is 1.75 bits per heavy atom. The van der Waals surface area contributed by atoms with Crippen LogP contribution in [0.2, 0.25) is 0 Å². The molecule has 1 aromatic carbocycles. The molecule has 1 heterocycles. The summed E-state index contributed by atoms with van der Waals surface area (Å²) in [5.74, 6) is -1.23. The molecule has 0 bridgehead atoms. The first kappa shape index (κ1) is 14.6. The minimum atomic E-state index is -0.872. The minimum absolute atomic E-state index is 0.0609. The van der Waals surface area contributed by atoms with Crippen molar-refractivity contribution in [1.29, 1.82) is 0 Å². The zero-order valence-electron chi connectivity index (χ0n) is 12.0. The van der Waals surface area contributed by atoms with E-state index in [0.717, 1.165) is 11.1 Å². The lowest BCUT2D eigenvalue weighted by Gasteiger charge is -2.19. The topological polar surface area (TPSA) is 57.6 Å². The third kappa shape index (κ3) is 3.38. The average Bonchev–Trinajstić information content (AvgIpc) is 2.81. The molecule has 1 aliphatic rings. The molecule has 0 aliphatic carbocycles. The van der Waals surface area contributed by atoms with E-state index in [4.69, 9.17) is 0 Å². The van der Waals surface area contributed by atoms with Crippen LogP contribution in [0.3, 0.4) is 0 Å². The first-order chi connectivity index (χ1) is 9.47. The van der Waals surface area contributed by atoms with Gasteiger partial charge in [0.1, 0.15) is 0 Å². The van der Waals surface area contributed by atoms with Crippen molar-refractivity contribution in [2.75, 3.05) is 0 Å². The molecule has 2 rings (SSSR count). The molecule has 0 spiro atoms. The van der Waals surface area contributed by atoms with Crippen LogP contribution in [0.4, 0.5) is 0 Å². The molecule has 108 valence electrons. The summed E-state index contributed by atoms with van der Waals surface area (Å²) >= 11 is 0. The van der Waals surface area contributed by atoms with Crippen molar-refractivity contribution in [2.24, 2.45) is 11.8 Å². The van der Waals surface area contributed by atoms with E-state index in [1.54, 1.807) is 4.90 Å². The lowest BCUT2D eigenvalue weighted by atomic mass is 9.94. The molecule has 1 N–H and O–H groups in total. The second kappa shape index (κ2) is 6.07. The molecular weight excluding hydrogens is 254 g/mol. The number of amides is 1. The molecule has 20 heavy (non-hydrogen) atoms. The molecule has 0 fully saturated rings. The summed E-state index contributed by atoms with van der Waals surface area (Å²) in [6.07, 6.45) is 0.642. The van der Waals surface area contributed by atoms with Crippen molar-refractivity contribution >= 4 is 11.9 Å². The first-order valence-electron chi connectivity index (χ1n) is 7.04. The molecule has 0 aromatic heterocycles. The van der Waals surface area contributed by atoms with Crippen molar-refractivity contribution in [3.63, 3.8) is 0 Å². The van der Waals surface area contributed by atoms with Crippen LogP contribution in [-0.4, -0.2) is 21.9 Å². The number of rotatable bonds is 5. The Labute approximate surface area is 119 Å². The van der Waals surface area contributed by atoms with E-state index in [-0.39, 0.29) is 18.2 Å². The van der Waals surface area contributed by atoms with E-state index in [0.29, 0.717) is 19.5 Å². The smallest absolute Gasteiger partial charge is 0.307 e. The highest BCUT2D eigenvalue weighted by molar-refractivity contribution is 5.82. The molecule has 1 unspecified atom stereocenters. The van der Waals surface area contributed by atoms with E-state index >= 15 is 0 Å². The van der Waals surface area contributed by atoms with Gasteiger partial charge >= 0.3 is 5.97 Å². The number of aliphatic carboxylic acids is 1. The predicted octanol–water partition coefficient (Wildman–Crippen LogP) is 2.67. The number of carboxylic acid groups (broad SMARTS) is 1. The number of carbonyl (C=O) groups is 2. The summed E-state index contributed by atoms with van der Waals surface area (Å²) in [5.41, 5.74) is 2.33. The number of carboxylic acids is 1. The number of fused-ring (bicyclic) bond motifs is 1. The Balaban J connectivity index is 1.97. The molecular formula is C16H21NO3. The summed E-state index contributed by atoms with van der Waals surface area (Å²) in [7, 11) is 0. The number of nitrogens with zero attached hydrogens (tertiary/aromatic N) is 1. The normalized spacial score (nSPS) is 15.2. The van der Waals surface area contributed by atoms with Crippen LogP contribution < -0.4 is 0 Å². The average molecular weight is 275 g/mol. The molecule has 0 saturated carbocycles. The highest BCUT2D eigenvalue weighted by atomic mass is 16.4. The molecule has 1 amide bonds. The summed E-state index contributed by atoms with van der Waals surface area (Å²) in [4.78, 5) is 25.3. The molecule has 0 saturated heterocycles. The quantitative estimate of drug-likeness (QED) is 0.898. The highest BCUT2D eigenvalue weighted by Crippen LogP contribution is 2.25. The third-order valence-electron chi connectivity index (χ3n) is 3.72. The standard InChI is InChI=1S/C16H21NO3/c1-11(2)7-14(16(19)20)8-15(18)17-9-12-5-3-4-6-13(12)10-17/h3-6,11,14H,7-10H2,1-2H3,(H,19,20). The van der Waals surface area contributed by atoms with Crippen LogP contribution in [0.15, 0.2) is 24.3 Å². The van der Waals surface area contributed by atoms with Crippen molar-refractivity contribution < 1.29 is 14.7 Å². The third-order valence-corrected chi connectivity index (χ3v) is 3.72. The number of hydrogen-bond acceptors (Lipinski definition) is 2. The van der Waals surface area contributed by atoms with Gasteiger partial charge in [-0.15, -0.1) is 0 Å². The van der Waals surface area contributed by atoms with Crippen molar-refractivity contribution in [3.05, 3.63) is 35.4 Å². The fourth-order valence-corrected chi connectivity index (χ4v) is 2.69. The van der Waals surface area contributed by atoms with Gasteiger partial charge in [0.15, 0.2) is 0 Å². The molecule has 4 heteroatoms. The molecule has 4 nitrogen and oxygen atoms in total. The van der Waals surface area contributed by atoms with E-state index < -0.39 is 11.9 Å². The maximum Gasteiger partial charge on any atom is 0.307 e. The maximum absolute atomic E-state index is 12.3. The van der Waals surface area contributed by atoms with Gasteiger partial charge in [-0.2, -0.15) is 0 Å². The van der Waals surface area contributed by atoms with Crippen molar-refractivity contribution in [2.45, 2.75) is 39.8 Å². The fraction of sp³-hybridized carbons (Fsp3) is 0.500. The zero-order chi connectivity index (χ0) is 14.7. The van der Waals surface area contributed by atoms with Gasteiger partial charge in [0.2, 0.25) is 5.91 Å². The Morgan fingerprint density at radius 1 is 1.20 bits per heavy atom. The van der Waals surface area contributed by atoms with Gasteiger partial charge in [0.25, 0.3) is 0 Å². The van der Waals surface area contributed by atoms with Crippen LogP contribution in [0.5, 0.6) is 0 Å². The van der Waals surface area contributed by atoms with E-state index in [9.17, 15) is 14.7 Å². The van der Waals surface area contributed by atoms with Crippen LogP contribution in [0.25, 0.3) is 0 Å². The first-order valence-corrected chi connectivity index (χ1v) is 7.04. The summed E-state index contributed by atoms with van der Waals surface area (Å²) in [6, 6.07) is 7.97. The maximum atomic E-state index is 12.3. The largest absolute Gasteiger partial charge is 0.481 e. The minimum Gasteiger partial charge on any atom is -0.481 e. The summed E-state index contributed by atoms with van der Waals surface area (Å²) in [5, 5.41) is 9.22. The summed E-state index contributed by atoms with van der Waals surface area (Å²) in [6.45, 7) is 5.16. The van der Waals surface area contributed by atoms with Gasteiger partial charge in [0, 0.05) is 19.5 Å². The second-order valence-corrected chi connectivity index (χ2v) is 5.89. The van der Waals surface area contributed by atoms with Gasteiger partial charge < -0.3 is 10.0 Å².